The van der Waals surface area contributed by atoms with Crippen molar-refractivity contribution in [2.45, 2.75) is 290 Å². The molecule has 0 aliphatic heterocycles. The van der Waals surface area contributed by atoms with Gasteiger partial charge in [-0.05, 0) is 173 Å². The number of phosphoric acid groups is 2. The summed E-state index contributed by atoms with van der Waals surface area (Å²) in [6.45, 7) is 4.28. The Morgan fingerprint density at radius 2 is 0.482 bits per heavy atom. The molecule has 0 radical (unpaired) electrons. The Hall–Kier alpha value is -6.88. The van der Waals surface area contributed by atoms with Crippen LogP contribution in [-0.2, 0) is 65.4 Å². The van der Waals surface area contributed by atoms with Crippen molar-refractivity contribution in [1.29, 1.82) is 0 Å². The van der Waals surface area contributed by atoms with E-state index in [0.717, 1.165) is 135 Å². The number of hydrogen-bond donors (Lipinski definition) is 3. The lowest BCUT2D eigenvalue weighted by molar-refractivity contribution is -0.161. The lowest BCUT2D eigenvalue weighted by Gasteiger charge is -2.21. The average molecular weight is 1600 g/mol. The minimum Gasteiger partial charge on any atom is -0.462 e. The van der Waals surface area contributed by atoms with Gasteiger partial charge in [0.05, 0.1) is 26.4 Å². The van der Waals surface area contributed by atoms with E-state index in [-0.39, 0.29) is 25.7 Å². The van der Waals surface area contributed by atoms with E-state index in [0.29, 0.717) is 44.9 Å². The summed E-state index contributed by atoms with van der Waals surface area (Å²) >= 11 is 0. The summed E-state index contributed by atoms with van der Waals surface area (Å²) in [6, 6.07) is 0. The van der Waals surface area contributed by atoms with Crippen LogP contribution in [0.2, 0.25) is 0 Å². The molecule has 112 heavy (non-hydrogen) atoms. The standard InChI is InChI=1S/C93H144O17P2/c1-5-9-13-17-21-25-29-33-37-40-43-46-50-53-57-61-65-69-73-77-90(95)103-83-88(109-92(97)79-75-71-67-63-59-55-49-36-32-28-24-20-16-12-8-4)85-107-111(99,100)105-81-87(94)82-106-112(101,102)108-86-89(110-93(98)80-76-72-68-64-60-56-52-48-45-42-39-35-31-27-23-19-15-11-7-3)84-104-91(96)78-74-70-66-62-58-54-51-47-44-41-38-34-30-26-22-18-14-10-6-2/h9-10,13-14,21-28,33-39,43-49,53-54,56-58,60,65-66,68-70,72,87-89,94H,5-8,11-12,15-20,29-32,40-42,50-52,55,59,61-64,67,71,73-86H2,1-4H3,(H,99,100)(H,101,102)/b13-9-,14-10-,25-21-,26-22-,27-23-,28-24-,37-33-,38-34-,39-35-,46-43-,47-44-,48-45-,49-36-,57-53-,58-54-,60-56-,69-65-,70-66-,72-68-/t87-,88+,89+/m0/s1. The quantitative estimate of drug-likeness (QED) is 0.0169. The third kappa shape index (κ3) is 81.1. The lowest BCUT2D eigenvalue weighted by atomic mass is 10.1. The molecule has 0 rings (SSSR count). The molecule has 0 aromatic rings. The van der Waals surface area contributed by atoms with E-state index in [9.17, 15) is 43.2 Å². The van der Waals surface area contributed by atoms with E-state index in [1.807, 2.05) is 54.7 Å². The maximum atomic E-state index is 13.1. The van der Waals surface area contributed by atoms with Crippen LogP contribution in [0.15, 0.2) is 231 Å². The highest BCUT2D eigenvalue weighted by molar-refractivity contribution is 7.47. The Balaban J connectivity index is 5.62. The number of carbonyl (C=O) groups is 4. The second-order valence-electron chi connectivity index (χ2n) is 26.6. The van der Waals surface area contributed by atoms with Crippen molar-refractivity contribution >= 4 is 39.5 Å². The minimum absolute atomic E-state index is 0.00872. The molecule has 0 aromatic carbocycles. The number of allylic oxidation sites excluding steroid dienone is 38. The van der Waals surface area contributed by atoms with Crippen LogP contribution in [-0.4, -0.2) is 96.7 Å². The Morgan fingerprint density at radius 3 is 0.768 bits per heavy atom. The van der Waals surface area contributed by atoms with E-state index in [1.165, 1.54) is 38.5 Å². The number of aliphatic hydroxyl groups is 1. The molecule has 0 fully saturated rings. The topological polar surface area (TPSA) is 237 Å². The second kappa shape index (κ2) is 82.1. The first-order valence-electron chi connectivity index (χ1n) is 41.6. The van der Waals surface area contributed by atoms with E-state index >= 15 is 0 Å². The molecular weight excluding hydrogens is 1450 g/mol. The lowest BCUT2D eigenvalue weighted by Crippen LogP contribution is -2.30. The Kier molecular flexibility index (Phi) is 77.1. The minimum atomic E-state index is -5.04. The van der Waals surface area contributed by atoms with E-state index in [2.05, 4.69) is 204 Å². The van der Waals surface area contributed by atoms with Gasteiger partial charge in [-0.2, -0.15) is 0 Å². The molecule has 0 heterocycles. The molecule has 0 saturated carbocycles. The largest absolute Gasteiger partial charge is 0.472 e. The molecule has 0 aliphatic rings. The van der Waals surface area contributed by atoms with Gasteiger partial charge in [-0.15, -0.1) is 0 Å². The Bertz CT molecular complexity index is 3040. The van der Waals surface area contributed by atoms with Crippen molar-refractivity contribution < 1.29 is 80.2 Å². The predicted octanol–water partition coefficient (Wildman–Crippen LogP) is 25.0. The van der Waals surface area contributed by atoms with Crippen molar-refractivity contribution in [2.75, 3.05) is 39.6 Å². The smallest absolute Gasteiger partial charge is 0.462 e. The van der Waals surface area contributed by atoms with Gasteiger partial charge in [0, 0.05) is 25.7 Å². The molecule has 19 heteroatoms. The van der Waals surface area contributed by atoms with Gasteiger partial charge in [-0.1, -0.05) is 304 Å². The highest BCUT2D eigenvalue weighted by Crippen LogP contribution is 2.45. The average Bonchev–Trinajstić information content (AvgIpc) is 0.898. The third-order valence-electron chi connectivity index (χ3n) is 16.1. The number of unbranched alkanes of at least 4 members (excludes halogenated alkanes) is 11. The predicted molar refractivity (Wildman–Crippen MR) is 463 cm³/mol. The highest BCUT2D eigenvalue weighted by Gasteiger charge is 2.30. The van der Waals surface area contributed by atoms with Gasteiger partial charge < -0.3 is 33.8 Å². The van der Waals surface area contributed by atoms with Crippen molar-refractivity contribution in [3.8, 4) is 0 Å². The zero-order valence-electron chi connectivity index (χ0n) is 68.7. The SMILES string of the molecule is CC/C=C\C/C=C\C/C=C\C/C=C\C/C=C\C/C=C\CCC(=O)OC[C@H](COP(=O)(O)OC[C@@H](O)COP(=O)(O)OC[C@@H](COC(=O)CC/C=C\C/C=C\C/C=C\C/C=C\C/C=C\C/C=C\CC)OC(=O)CCCCCCC/C=C\C/C=C\CCCCC)OC(=O)CC/C=C\C/C=C\C/C=C\C/C=C\C/C=C\CCCCC. The molecule has 2 unspecified atom stereocenters. The molecule has 0 saturated heterocycles. The van der Waals surface area contributed by atoms with Crippen LogP contribution in [0.1, 0.15) is 272 Å². The fourth-order valence-corrected chi connectivity index (χ4v) is 11.5. The second-order valence-corrected chi connectivity index (χ2v) is 29.5. The number of ether oxygens (including phenoxy) is 4. The highest BCUT2D eigenvalue weighted by atomic mass is 31.2. The zero-order chi connectivity index (χ0) is 81.7. The summed E-state index contributed by atoms with van der Waals surface area (Å²) in [5, 5.41) is 10.7. The van der Waals surface area contributed by atoms with Gasteiger partial charge in [0.25, 0.3) is 0 Å². The summed E-state index contributed by atoms with van der Waals surface area (Å²) in [5.41, 5.74) is 0. The van der Waals surface area contributed by atoms with Gasteiger partial charge in [-0.25, -0.2) is 9.13 Å². The van der Waals surface area contributed by atoms with Crippen LogP contribution in [0.3, 0.4) is 0 Å². The summed E-state index contributed by atoms with van der Waals surface area (Å²) in [7, 11) is -10.1. The summed E-state index contributed by atoms with van der Waals surface area (Å²) in [4.78, 5) is 73.1. The number of rotatable bonds is 75. The van der Waals surface area contributed by atoms with Gasteiger partial charge in [0.2, 0.25) is 0 Å². The van der Waals surface area contributed by atoms with E-state index in [1.54, 1.807) is 0 Å². The number of hydrogen-bond acceptors (Lipinski definition) is 15. The van der Waals surface area contributed by atoms with Gasteiger partial charge in [0.1, 0.15) is 19.3 Å². The summed E-state index contributed by atoms with van der Waals surface area (Å²) < 4.78 is 68.5. The van der Waals surface area contributed by atoms with Crippen molar-refractivity contribution in [1.82, 2.24) is 0 Å². The van der Waals surface area contributed by atoms with Gasteiger partial charge >= 0.3 is 39.5 Å². The van der Waals surface area contributed by atoms with Crippen molar-refractivity contribution in [2.24, 2.45) is 0 Å². The van der Waals surface area contributed by atoms with Crippen LogP contribution in [0.4, 0.5) is 0 Å². The summed E-state index contributed by atoms with van der Waals surface area (Å²) in [5.74, 6) is -2.51. The van der Waals surface area contributed by atoms with E-state index < -0.39 is 97.5 Å². The first kappa shape index (κ1) is 105. The molecule has 0 spiro atoms. The van der Waals surface area contributed by atoms with Crippen LogP contribution < -0.4 is 0 Å². The monoisotopic (exact) mass is 1590 g/mol. The number of aliphatic hydroxyl groups excluding tert-OH is 1. The van der Waals surface area contributed by atoms with Crippen molar-refractivity contribution in [3.05, 3.63) is 231 Å². The summed E-state index contributed by atoms with van der Waals surface area (Å²) in [6.07, 6.45) is 106. The fraction of sp³-hybridized carbons (Fsp3) is 0.548. The fourth-order valence-electron chi connectivity index (χ4n) is 9.87. The van der Waals surface area contributed by atoms with Gasteiger partial charge in [-0.3, -0.25) is 37.3 Å². The first-order valence-corrected chi connectivity index (χ1v) is 44.6. The Labute approximate surface area is 676 Å². The van der Waals surface area contributed by atoms with Crippen molar-refractivity contribution in [3.63, 3.8) is 0 Å². The number of carbonyl (C=O) groups excluding carboxylic acids is 4. The molecule has 628 valence electrons. The molecule has 0 aromatic heterocycles. The maximum Gasteiger partial charge on any atom is 0.472 e. The molecular formula is C93H144O17P2. The maximum absolute atomic E-state index is 13.1. The van der Waals surface area contributed by atoms with Crippen LogP contribution >= 0.6 is 15.6 Å². The normalized spacial score (nSPS) is 15.0. The van der Waals surface area contributed by atoms with Crippen LogP contribution in [0, 0.1) is 0 Å². The Morgan fingerprint density at radius 1 is 0.259 bits per heavy atom. The van der Waals surface area contributed by atoms with Crippen LogP contribution in [0.25, 0.3) is 0 Å². The molecule has 0 amide bonds. The molecule has 3 N–H and O–H groups in total. The number of phosphoric ester groups is 2. The van der Waals surface area contributed by atoms with E-state index in [4.69, 9.17) is 37.0 Å². The molecule has 0 aliphatic carbocycles. The molecule has 17 nitrogen and oxygen atoms in total. The third-order valence-corrected chi connectivity index (χ3v) is 18.0. The van der Waals surface area contributed by atoms with Gasteiger partial charge in [0.15, 0.2) is 12.2 Å². The van der Waals surface area contributed by atoms with Crippen LogP contribution in [0.5, 0.6) is 0 Å². The molecule has 5 atom stereocenters. The number of esters is 4. The zero-order valence-corrected chi connectivity index (χ0v) is 70.5. The molecule has 0 bridgehead atoms. The first-order chi connectivity index (χ1) is 54.7.